The molecule has 0 bridgehead atoms. The highest BCUT2D eigenvalue weighted by Gasteiger charge is 2.30. The number of nitrogens with zero attached hydrogens (tertiary/aromatic N) is 3. The Labute approximate surface area is 208 Å². The Balaban J connectivity index is 0.00000274. The van der Waals surface area contributed by atoms with Crippen LogP contribution in [0.25, 0.3) is 5.69 Å². The Kier molecular flexibility index (Phi) is 7.39. The first-order valence-corrected chi connectivity index (χ1v) is 12.2. The highest BCUT2D eigenvalue weighted by molar-refractivity contribution is 7.98. The molecule has 1 aliphatic rings. The lowest BCUT2D eigenvalue weighted by Gasteiger charge is -2.25. The van der Waals surface area contributed by atoms with Gasteiger partial charge >= 0.3 is 0 Å². The van der Waals surface area contributed by atoms with Crippen LogP contribution in [-0.4, -0.2) is 14.5 Å². The van der Waals surface area contributed by atoms with Crippen molar-refractivity contribution < 1.29 is 8.78 Å². The normalized spacial score (nSPS) is 15.0. The van der Waals surface area contributed by atoms with Crippen LogP contribution in [0.1, 0.15) is 54.3 Å². The lowest BCUT2D eigenvalue weighted by atomic mass is 9.83. The van der Waals surface area contributed by atoms with E-state index in [0.717, 1.165) is 52.1 Å². The van der Waals surface area contributed by atoms with Crippen molar-refractivity contribution in [3.63, 3.8) is 0 Å². The third-order valence-corrected chi connectivity index (χ3v) is 7.49. The molecular formula is C27H26ClF2N3S. The fourth-order valence-electron chi connectivity index (χ4n) is 4.42. The fourth-order valence-corrected chi connectivity index (χ4v) is 5.56. The summed E-state index contributed by atoms with van der Waals surface area (Å²) in [4.78, 5) is 8.81. The first-order valence-electron chi connectivity index (χ1n) is 10.9. The zero-order chi connectivity index (χ0) is 22.9. The Morgan fingerprint density at radius 3 is 2.65 bits per heavy atom. The molecule has 2 heterocycles. The molecule has 1 atom stereocenters. The molecule has 0 spiro atoms. The number of benzene rings is 2. The monoisotopic (exact) mass is 497 g/mol. The summed E-state index contributed by atoms with van der Waals surface area (Å²) in [5, 5.41) is 1.53. The van der Waals surface area contributed by atoms with Crippen molar-refractivity contribution in [2.24, 2.45) is 0 Å². The van der Waals surface area contributed by atoms with E-state index in [0.29, 0.717) is 11.3 Å². The van der Waals surface area contributed by atoms with Crippen LogP contribution in [0.2, 0.25) is 5.02 Å². The van der Waals surface area contributed by atoms with Crippen molar-refractivity contribution in [2.45, 2.75) is 50.4 Å². The molecule has 34 heavy (non-hydrogen) atoms. The van der Waals surface area contributed by atoms with Crippen LogP contribution >= 0.6 is 23.4 Å². The van der Waals surface area contributed by atoms with E-state index < -0.39 is 0 Å². The molecule has 3 nitrogen and oxygen atoms in total. The van der Waals surface area contributed by atoms with Gasteiger partial charge in [0.05, 0.1) is 17.6 Å². The van der Waals surface area contributed by atoms with Gasteiger partial charge in [-0.25, -0.2) is 13.8 Å². The summed E-state index contributed by atoms with van der Waals surface area (Å²) >= 11 is 7.77. The van der Waals surface area contributed by atoms with E-state index in [2.05, 4.69) is 21.7 Å². The van der Waals surface area contributed by atoms with E-state index in [1.165, 1.54) is 35.7 Å². The molecule has 1 aliphatic carbocycles. The second-order valence-corrected chi connectivity index (χ2v) is 9.60. The van der Waals surface area contributed by atoms with Crippen molar-refractivity contribution in [3.05, 3.63) is 106 Å². The summed E-state index contributed by atoms with van der Waals surface area (Å²) in [6.07, 6.45) is 5.72. The average molecular weight is 498 g/mol. The van der Waals surface area contributed by atoms with Gasteiger partial charge in [0.1, 0.15) is 11.6 Å². The molecule has 4 aromatic rings. The number of imidazole rings is 1. The van der Waals surface area contributed by atoms with E-state index >= 15 is 0 Å². The smallest absolute Gasteiger partial charge is 0.173 e. The summed E-state index contributed by atoms with van der Waals surface area (Å²) in [5.74, 6) is -0.0417. The fraction of sp³-hybridized carbons (Fsp3) is 0.259. The first kappa shape index (κ1) is 24.4. The molecule has 0 aliphatic heterocycles. The van der Waals surface area contributed by atoms with Gasteiger partial charge in [-0.05, 0) is 73.7 Å². The zero-order valence-corrected chi connectivity index (χ0v) is 19.6. The average Bonchev–Trinajstić information content (AvgIpc) is 3.19. The van der Waals surface area contributed by atoms with Gasteiger partial charge in [-0.15, -0.1) is 0 Å². The van der Waals surface area contributed by atoms with Crippen LogP contribution in [0, 0.1) is 18.6 Å². The number of halogens is 3. The summed E-state index contributed by atoms with van der Waals surface area (Å²) in [5.41, 5.74) is 5.81. The topological polar surface area (TPSA) is 30.7 Å². The minimum atomic E-state index is -0.329. The summed E-state index contributed by atoms with van der Waals surface area (Å²) in [7, 11) is 0. The molecule has 0 saturated heterocycles. The number of aromatic nitrogens is 3. The quantitative estimate of drug-likeness (QED) is 0.262. The third kappa shape index (κ3) is 4.75. The van der Waals surface area contributed by atoms with Crippen LogP contribution in [0.5, 0.6) is 0 Å². The molecule has 0 radical (unpaired) electrons. The molecule has 0 N–H and O–H groups in total. The van der Waals surface area contributed by atoms with E-state index in [-0.39, 0.29) is 25.0 Å². The molecule has 0 amide bonds. The van der Waals surface area contributed by atoms with Crippen LogP contribution in [0.4, 0.5) is 8.78 Å². The number of rotatable bonds is 5. The molecular weight excluding hydrogens is 472 g/mol. The molecule has 0 fully saturated rings. The second-order valence-electron chi connectivity index (χ2n) is 8.25. The van der Waals surface area contributed by atoms with Crippen LogP contribution in [-0.2, 0) is 12.2 Å². The minimum Gasteiger partial charge on any atom is -0.291 e. The van der Waals surface area contributed by atoms with Gasteiger partial charge in [0.15, 0.2) is 5.16 Å². The number of hydrogen-bond donors (Lipinski definition) is 0. The van der Waals surface area contributed by atoms with Gasteiger partial charge in [-0.1, -0.05) is 42.9 Å². The van der Waals surface area contributed by atoms with Crippen molar-refractivity contribution >= 4 is 23.4 Å². The van der Waals surface area contributed by atoms with Crippen molar-refractivity contribution in [1.29, 1.82) is 0 Å². The van der Waals surface area contributed by atoms with Gasteiger partial charge < -0.3 is 0 Å². The Hall–Kier alpha value is -2.70. The van der Waals surface area contributed by atoms with E-state index in [1.54, 1.807) is 24.4 Å². The molecule has 1 unspecified atom stereocenters. The van der Waals surface area contributed by atoms with Gasteiger partial charge in [-0.2, -0.15) is 0 Å². The maximum absolute atomic E-state index is 14.2. The summed E-state index contributed by atoms with van der Waals surface area (Å²) in [6, 6.07) is 14.3. The predicted molar refractivity (Wildman–Crippen MR) is 135 cm³/mol. The molecule has 176 valence electrons. The number of aryl methyl sites for hydroxylation is 2. The number of pyridine rings is 1. The lowest BCUT2D eigenvalue weighted by molar-refractivity contribution is 0.586. The van der Waals surface area contributed by atoms with Crippen molar-refractivity contribution in [1.82, 2.24) is 14.5 Å². The van der Waals surface area contributed by atoms with E-state index in [9.17, 15) is 8.78 Å². The van der Waals surface area contributed by atoms with Crippen LogP contribution < -0.4 is 0 Å². The van der Waals surface area contributed by atoms with Gasteiger partial charge in [-0.3, -0.25) is 9.55 Å². The Morgan fingerprint density at radius 2 is 1.91 bits per heavy atom. The Morgan fingerprint density at radius 1 is 1.12 bits per heavy atom. The summed E-state index contributed by atoms with van der Waals surface area (Å²) in [6.45, 7) is 2.01. The maximum atomic E-state index is 14.2. The predicted octanol–water partition coefficient (Wildman–Crippen LogP) is 7.90. The van der Waals surface area contributed by atoms with E-state index in [4.69, 9.17) is 16.6 Å². The number of thioether (sulfide) groups is 1. The summed E-state index contributed by atoms with van der Waals surface area (Å²) < 4.78 is 30.0. The van der Waals surface area contributed by atoms with Gasteiger partial charge in [0.25, 0.3) is 0 Å². The molecule has 0 saturated carbocycles. The van der Waals surface area contributed by atoms with E-state index in [1.807, 2.05) is 13.0 Å². The lowest BCUT2D eigenvalue weighted by Crippen LogP contribution is -2.15. The standard InChI is InChI=1S/C26H22ClF2N3S.CH4/c1-16-13-17(5-10-22(16)27)21-3-2-4-24-25(21)32(20-8-6-19(28)7-9-20)26(31-24)33-15-18-11-12-30-14-23(18)29;/h5-14,21H,2-4,15H2,1H3;1H4. The van der Waals surface area contributed by atoms with Crippen molar-refractivity contribution in [3.8, 4) is 5.69 Å². The molecule has 2 aromatic carbocycles. The largest absolute Gasteiger partial charge is 0.291 e. The van der Waals surface area contributed by atoms with Crippen LogP contribution in [0.3, 0.4) is 0 Å². The first-order chi connectivity index (χ1) is 16.0. The number of fused-ring (bicyclic) bond motifs is 1. The number of hydrogen-bond acceptors (Lipinski definition) is 3. The molecule has 2 aromatic heterocycles. The maximum Gasteiger partial charge on any atom is 0.173 e. The highest BCUT2D eigenvalue weighted by Crippen LogP contribution is 2.41. The Bertz CT molecular complexity index is 1300. The molecule has 5 rings (SSSR count). The second kappa shape index (κ2) is 10.3. The zero-order valence-electron chi connectivity index (χ0n) is 18.1. The molecule has 7 heteroatoms. The minimum absolute atomic E-state index is 0. The van der Waals surface area contributed by atoms with Crippen LogP contribution in [0.15, 0.2) is 66.1 Å². The van der Waals surface area contributed by atoms with Gasteiger partial charge in [0.2, 0.25) is 0 Å². The highest BCUT2D eigenvalue weighted by atomic mass is 35.5. The van der Waals surface area contributed by atoms with Gasteiger partial charge in [0, 0.05) is 34.1 Å². The third-order valence-electron chi connectivity index (χ3n) is 6.08. The SMILES string of the molecule is C.Cc1cc(C2CCCc3nc(SCc4ccncc4F)n(-c4ccc(F)cc4)c32)ccc1Cl. The van der Waals surface area contributed by atoms with Crippen molar-refractivity contribution in [2.75, 3.05) is 0 Å².